The standard InChI is InChI=1S/C6H4FN3O/c7-4-2-8-5-3(4)1-9-6(11)10-5/h1-2H,(H2,8,9,10,11). The van der Waals surface area contributed by atoms with Gasteiger partial charge in [0, 0.05) is 12.4 Å². The minimum atomic E-state index is -0.487. The summed E-state index contributed by atoms with van der Waals surface area (Å²) in [5.41, 5.74) is -0.123. The largest absolute Gasteiger partial charge is 0.346 e. The van der Waals surface area contributed by atoms with E-state index >= 15 is 0 Å². The first kappa shape index (κ1) is 6.09. The molecule has 2 heterocycles. The molecular formula is C6H4FN3O. The van der Waals surface area contributed by atoms with Crippen molar-refractivity contribution in [1.29, 1.82) is 0 Å². The summed E-state index contributed by atoms with van der Waals surface area (Å²) in [6.45, 7) is 0. The first-order valence-electron chi connectivity index (χ1n) is 2.99. The summed E-state index contributed by atoms with van der Waals surface area (Å²) in [4.78, 5) is 18.9. The Morgan fingerprint density at radius 2 is 2.36 bits per heavy atom. The predicted molar refractivity (Wildman–Crippen MR) is 36.7 cm³/mol. The molecule has 2 aromatic heterocycles. The van der Waals surface area contributed by atoms with Gasteiger partial charge >= 0.3 is 5.69 Å². The summed E-state index contributed by atoms with van der Waals surface area (Å²) < 4.78 is 12.7. The third kappa shape index (κ3) is 0.813. The molecule has 0 unspecified atom stereocenters. The molecule has 0 aliphatic carbocycles. The zero-order valence-corrected chi connectivity index (χ0v) is 5.39. The molecule has 0 spiro atoms. The summed E-state index contributed by atoms with van der Waals surface area (Å²) in [5, 5.41) is 0.296. The summed E-state index contributed by atoms with van der Waals surface area (Å²) in [6.07, 6.45) is 2.36. The number of hydrogen-bond acceptors (Lipinski definition) is 2. The van der Waals surface area contributed by atoms with Gasteiger partial charge in [-0.05, 0) is 0 Å². The lowest BCUT2D eigenvalue weighted by Gasteiger charge is -1.85. The second-order valence-electron chi connectivity index (χ2n) is 2.11. The molecule has 0 aliphatic heterocycles. The maximum Gasteiger partial charge on any atom is 0.346 e. The minimum absolute atomic E-state index is 0.296. The Morgan fingerprint density at radius 1 is 1.55 bits per heavy atom. The van der Waals surface area contributed by atoms with Crippen LogP contribution in [0.15, 0.2) is 17.2 Å². The van der Waals surface area contributed by atoms with Gasteiger partial charge in [0.15, 0.2) is 5.82 Å². The highest BCUT2D eigenvalue weighted by Crippen LogP contribution is 2.09. The van der Waals surface area contributed by atoms with Crippen molar-refractivity contribution in [2.24, 2.45) is 0 Å². The maximum atomic E-state index is 12.7. The van der Waals surface area contributed by atoms with Crippen LogP contribution in [-0.4, -0.2) is 15.0 Å². The number of halogens is 1. The van der Waals surface area contributed by atoms with E-state index in [9.17, 15) is 9.18 Å². The first-order chi connectivity index (χ1) is 5.27. The Labute approximate surface area is 60.1 Å². The van der Waals surface area contributed by atoms with Gasteiger partial charge in [0.25, 0.3) is 0 Å². The van der Waals surface area contributed by atoms with Crippen molar-refractivity contribution in [2.45, 2.75) is 0 Å². The van der Waals surface area contributed by atoms with Gasteiger partial charge < -0.3 is 4.98 Å². The van der Waals surface area contributed by atoms with E-state index in [1.165, 1.54) is 12.4 Å². The van der Waals surface area contributed by atoms with Crippen molar-refractivity contribution >= 4 is 11.0 Å². The van der Waals surface area contributed by atoms with Crippen molar-refractivity contribution in [3.05, 3.63) is 28.7 Å². The summed E-state index contributed by atoms with van der Waals surface area (Å²) in [5.74, 6) is -0.413. The van der Waals surface area contributed by atoms with Gasteiger partial charge in [0.2, 0.25) is 0 Å². The zero-order chi connectivity index (χ0) is 7.84. The molecule has 0 atom stereocenters. The van der Waals surface area contributed by atoms with Crippen LogP contribution in [0.5, 0.6) is 0 Å². The van der Waals surface area contributed by atoms with Crippen LogP contribution in [0.1, 0.15) is 0 Å². The molecule has 5 heteroatoms. The van der Waals surface area contributed by atoms with Gasteiger partial charge in [-0.2, -0.15) is 0 Å². The lowest BCUT2D eigenvalue weighted by Crippen LogP contribution is -2.08. The minimum Gasteiger partial charge on any atom is -0.345 e. The fourth-order valence-electron chi connectivity index (χ4n) is 0.902. The molecule has 2 rings (SSSR count). The second kappa shape index (κ2) is 1.91. The zero-order valence-electron chi connectivity index (χ0n) is 5.39. The van der Waals surface area contributed by atoms with Crippen molar-refractivity contribution in [2.75, 3.05) is 0 Å². The fraction of sp³-hybridized carbons (Fsp3) is 0. The first-order valence-corrected chi connectivity index (χ1v) is 2.99. The van der Waals surface area contributed by atoms with Gasteiger partial charge in [-0.15, -0.1) is 0 Å². The average molecular weight is 153 g/mol. The molecule has 2 aromatic rings. The molecule has 11 heavy (non-hydrogen) atoms. The van der Waals surface area contributed by atoms with Crippen LogP contribution in [-0.2, 0) is 0 Å². The molecule has 0 aromatic carbocycles. The molecule has 0 saturated heterocycles. The van der Waals surface area contributed by atoms with E-state index < -0.39 is 11.5 Å². The molecule has 0 saturated carbocycles. The quantitative estimate of drug-likeness (QED) is 0.575. The van der Waals surface area contributed by atoms with Crippen LogP contribution in [0, 0.1) is 5.82 Å². The Morgan fingerprint density at radius 3 is 3.18 bits per heavy atom. The number of hydrogen-bond donors (Lipinski definition) is 2. The Balaban J connectivity index is 2.96. The van der Waals surface area contributed by atoms with E-state index in [0.29, 0.717) is 11.0 Å². The summed E-state index contributed by atoms with van der Waals surface area (Å²) in [6, 6.07) is 0. The van der Waals surface area contributed by atoms with Crippen LogP contribution in [0.4, 0.5) is 4.39 Å². The number of nitrogens with one attached hydrogen (secondary N) is 2. The van der Waals surface area contributed by atoms with E-state index in [2.05, 4.69) is 15.0 Å². The molecule has 0 bridgehead atoms. The molecular weight excluding hydrogens is 149 g/mol. The van der Waals surface area contributed by atoms with Crippen molar-refractivity contribution in [3.63, 3.8) is 0 Å². The van der Waals surface area contributed by atoms with E-state index in [4.69, 9.17) is 0 Å². The molecule has 0 amide bonds. The van der Waals surface area contributed by atoms with Crippen molar-refractivity contribution in [1.82, 2.24) is 15.0 Å². The third-order valence-electron chi connectivity index (χ3n) is 1.41. The Hall–Kier alpha value is -1.65. The van der Waals surface area contributed by atoms with Crippen LogP contribution < -0.4 is 5.69 Å². The molecule has 0 radical (unpaired) electrons. The molecule has 0 fully saturated rings. The van der Waals surface area contributed by atoms with E-state index in [0.717, 1.165) is 0 Å². The number of aromatic nitrogens is 3. The molecule has 4 nitrogen and oxygen atoms in total. The number of rotatable bonds is 0. The van der Waals surface area contributed by atoms with Crippen LogP contribution >= 0.6 is 0 Å². The van der Waals surface area contributed by atoms with Crippen LogP contribution in [0.3, 0.4) is 0 Å². The highest BCUT2D eigenvalue weighted by atomic mass is 19.1. The third-order valence-corrected chi connectivity index (χ3v) is 1.41. The number of nitrogens with zero attached hydrogens (tertiary/aromatic N) is 1. The topological polar surface area (TPSA) is 61.5 Å². The molecule has 0 aliphatic rings. The van der Waals surface area contributed by atoms with Crippen LogP contribution in [0.2, 0.25) is 0 Å². The van der Waals surface area contributed by atoms with Gasteiger partial charge in [0.1, 0.15) is 5.65 Å². The highest BCUT2D eigenvalue weighted by Gasteiger charge is 2.01. The van der Waals surface area contributed by atoms with E-state index in [1.807, 2.05) is 0 Å². The molecule has 56 valence electrons. The number of H-pyrrole nitrogens is 2. The lowest BCUT2D eigenvalue weighted by molar-refractivity contribution is 0.639. The van der Waals surface area contributed by atoms with Crippen LogP contribution in [0.25, 0.3) is 11.0 Å². The highest BCUT2D eigenvalue weighted by molar-refractivity contribution is 5.74. The smallest absolute Gasteiger partial charge is 0.345 e. The SMILES string of the molecule is O=c1ncc2c(F)c[nH]c2[nH]1. The fourth-order valence-corrected chi connectivity index (χ4v) is 0.902. The maximum absolute atomic E-state index is 12.7. The summed E-state index contributed by atoms with van der Waals surface area (Å²) in [7, 11) is 0. The number of aromatic amines is 2. The Kier molecular flexibility index (Phi) is 1.06. The van der Waals surface area contributed by atoms with E-state index in [1.54, 1.807) is 0 Å². The molecule has 2 N–H and O–H groups in total. The van der Waals surface area contributed by atoms with Gasteiger partial charge in [-0.3, -0.25) is 4.98 Å². The predicted octanol–water partition coefficient (Wildman–Crippen LogP) is 0.390. The normalized spacial score (nSPS) is 10.6. The van der Waals surface area contributed by atoms with Crippen molar-refractivity contribution < 1.29 is 4.39 Å². The lowest BCUT2D eigenvalue weighted by atomic mass is 10.4. The second-order valence-corrected chi connectivity index (χ2v) is 2.11. The van der Waals surface area contributed by atoms with Gasteiger partial charge in [0.05, 0.1) is 5.39 Å². The Bertz CT molecular complexity index is 444. The van der Waals surface area contributed by atoms with E-state index in [-0.39, 0.29) is 0 Å². The average Bonchev–Trinajstić information content (AvgIpc) is 2.32. The summed E-state index contributed by atoms with van der Waals surface area (Å²) >= 11 is 0. The van der Waals surface area contributed by atoms with Gasteiger partial charge in [-0.1, -0.05) is 0 Å². The number of fused-ring (bicyclic) bond motifs is 1. The monoisotopic (exact) mass is 153 g/mol. The van der Waals surface area contributed by atoms with Crippen molar-refractivity contribution in [3.8, 4) is 0 Å². The van der Waals surface area contributed by atoms with Gasteiger partial charge in [-0.25, -0.2) is 14.2 Å².